The summed E-state index contributed by atoms with van der Waals surface area (Å²) in [7, 11) is 0. The van der Waals surface area contributed by atoms with Gasteiger partial charge in [0.2, 0.25) is 0 Å². The van der Waals surface area contributed by atoms with Crippen molar-refractivity contribution < 1.29 is 0 Å². The van der Waals surface area contributed by atoms with Crippen LogP contribution in [0.3, 0.4) is 0 Å². The Morgan fingerprint density at radius 3 is 2.46 bits per heavy atom. The zero-order valence-corrected chi connectivity index (χ0v) is 9.29. The fourth-order valence-corrected chi connectivity index (χ4v) is 2.84. The van der Waals surface area contributed by atoms with Crippen molar-refractivity contribution in [3.8, 4) is 0 Å². The van der Waals surface area contributed by atoms with Gasteiger partial charge >= 0.3 is 0 Å². The summed E-state index contributed by atoms with van der Waals surface area (Å²) in [4.78, 5) is 2.75. The first-order valence-electron chi connectivity index (χ1n) is 5.94. The van der Waals surface area contributed by atoms with Gasteiger partial charge in [-0.3, -0.25) is 4.90 Å². The fourth-order valence-electron chi connectivity index (χ4n) is 2.84. The number of nitrogens with zero attached hydrogens (tertiary/aromatic N) is 1. The molecular weight excluding hydrogens is 158 g/mol. The Bertz CT molecular complexity index is 178. The SMILES string of the molecule is CCC1CC(C)CN1CC1CC1C. The predicted octanol–water partition coefficient (Wildman–Crippen LogP) is 2.76. The minimum Gasteiger partial charge on any atom is -0.300 e. The highest BCUT2D eigenvalue weighted by atomic mass is 15.2. The molecule has 0 amide bonds. The van der Waals surface area contributed by atoms with Crippen molar-refractivity contribution in [2.75, 3.05) is 13.1 Å². The molecule has 0 N–H and O–H groups in total. The van der Waals surface area contributed by atoms with Gasteiger partial charge in [-0.25, -0.2) is 0 Å². The van der Waals surface area contributed by atoms with Crippen LogP contribution in [-0.2, 0) is 0 Å². The highest BCUT2D eigenvalue weighted by Gasteiger charge is 2.37. The minimum atomic E-state index is 0.905. The van der Waals surface area contributed by atoms with E-state index in [1.165, 1.54) is 32.4 Å². The van der Waals surface area contributed by atoms with Gasteiger partial charge < -0.3 is 0 Å². The zero-order valence-electron chi connectivity index (χ0n) is 9.29. The average Bonchev–Trinajstić information content (AvgIpc) is 2.62. The van der Waals surface area contributed by atoms with Gasteiger partial charge in [0.1, 0.15) is 0 Å². The van der Waals surface area contributed by atoms with Crippen LogP contribution in [0.2, 0.25) is 0 Å². The molecule has 0 bridgehead atoms. The lowest BCUT2D eigenvalue weighted by Crippen LogP contribution is -2.31. The molecule has 1 aliphatic carbocycles. The lowest BCUT2D eigenvalue weighted by molar-refractivity contribution is 0.233. The van der Waals surface area contributed by atoms with E-state index in [9.17, 15) is 0 Å². The van der Waals surface area contributed by atoms with Crippen LogP contribution in [0.5, 0.6) is 0 Å². The maximum Gasteiger partial charge on any atom is 0.00958 e. The molecule has 1 nitrogen and oxygen atoms in total. The Kier molecular flexibility index (Phi) is 2.64. The molecule has 1 heterocycles. The molecule has 1 heteroatoms. The molecule has 76 valence electrons. The van der Waals surface area contributed by atoms with Gasteiger partial charge in [-0.05, 0) is 37.0 Å². The fraction of sp³-hybridized carbons (Fsp3) is 1.00. The molecule has 1 saturated carbocycles. The first-order chi connectivity index (χ1) is 6.20. The van der Waals surface area contributed by atoms with Gasteiger partial charge in [-0.1, -0.05) is 20.8 Å². The van der Waals surface area contributed by atoms with E-state index in [1.807, 2.05) is 0 Å². The number of hydrogen-bond donors (Lipinski definition) is 0. The Morgan fingerprint density at radius 2 is 1.92 bits per heavy atom. The van der Waals surface area contributed by atoms with Gasteiger partial charge in [0.15, 0.2) is 0 Å². The second kappa shape index (κ2) is 3.61. The molecular formula is C12H23N. The standard InChI is InChI=1S/C12H23N/c1-4-12-5-9(2)7-13(12)8-11-6-10(11)3/h9-12H,4-8H2,1-3H3. The molecule has 1 aliphatic heterocycles. The van der Waals surface area contributed by atoms with Gasteiger partial charge in [0.05, 0.1) is 0 Å². The van der Waals surface area contributed by atoms with E-state index in [4.69, 9.17) is 0 Å². The van der Waals surface area contributed by atoms with E-state index in [0.717, 1.165) is 23.8 Å². The molecule has 0 spiro atoms. The summed E-state index contributed by atoms with van der Waals surface area (Å²) >= 11 is 0. The molecule has 4 atom stereocenters. The van der Waals surface area contributed by atoms with E-state index < -0.39 is 0 Å². The van der Waals surface area contributed by atoms with Crippen molar-refractivity contribution in [2.24, 2.45) is 17.8 Å². The lowest BCUT2D eigenvalue weighted by atomic mass is 10.1. The van der Waals surface area contributed by atoms with Crippen LogP contribution < -0.4 is 0 Å². The molecule has 0 aromatic heterocycles. The van der Waals surface area contributed by atoms with E-state index >= 15 is 0 Å². The van der Waals surface area contributed by atoms with Crippen molar-refractivity contribution in [1.82, 2.24) is 4.90 Å². The molecule has 2 fully saturated rings. The summed E-state index contributed by atoms with van der Waals surface area (Å²) in [5.74, 6) is 3.01. The van der Waals surface area contributed by atoms with E-state index in [0.29, 0.717) is 0 Å². The largest absolute Gasteiger partial charge is 0.300 e. The molecule has 2 rings (SSSR count). The van der Waals surface area contributed by atoms with E-state index in [1.54, 1.807) is 0 Å². The molecule has 0 aromatic carbocycles. The van der Waals surface area contributed by atoms with Crippen LogP contribution in [0.4, 0.5) is 0 Å². The Balaban J connectivity index is 1.83. The molecule has 2 aliphatic rings. The second-order valence-electron chi connectivity index (χ2n) is 5.33. The number of hydrogen-bond acceptors (Lipinski definition) is 1. The summed E-state index contributed by atoms with van der Waals surface area (Å²) in [5.41, 5.74) is 0. The third kappa shape index (κ3) is 2.07. The number of rotatable bonds is 3. The third-order valence-corrected chi connectivity index (χ3v) is 3.95. The maximum atomic E-state index is 2.75. The predicted molar refractivity (Wildman–Crippen MR) is 56.7 cm³/mol. The van der Waals surface area contributed by atoms with Crippen molar-refractivity contribution in [2.45, 2.75) is 46.1 Å². The second-order valence-corrected chi connectivity index (χ2v) is 5.33. The van der Waals surface area contributed by atoms with Crippen molar-refractivity contribution in [3.05, 3.63) is 0 Å². The summed E-state index contributed by atoms with van der Waals surface area (Å²) in [6.45, 7) is 9.89. The molecule has 0 radical (unpaired) electrons. The van der Waals surface area contributed by atoms with Crippen LogP contribution in [0.15, 0.2) is 0 Å². The third-order valence-electron chi connectivity index (χ3n) is 3.95. The van der Waals surface area contributed by atoms with Crippen LogP contribution in [0, 0.1) is 17.8 Å². The normalized spacial score (nSPS) is 45.5. The topological polar surface area (TPSA) is 3.24 Å². The highest BCUT2D eigenvalue weighted by Crippen LogP contribution is 2.40. The smallest absolute Gasteiger partial charge is 0.00958 e. The van der Waals surface area contributed by atoms with Crippen molar-refractivity contribution in [1.29, 1.82) is 0 Å². The van der Waals surface area contributed by atoms with Crippen LogP contribution in [-0.4, -0.2) is 24.0 Å². The molecule has 0 aromatic rings. The summed E-state index contributed by atoms with van der Waals surface area (Å²) < 4.78 is 0. The highest BCUT2D eigenvalue weighted by molar-refractivity contribution is 4.90. The lowest BCUT2D eigenvalue weighted by Gasteiger charge is -2.23. The first kappa shape index (κ1) is 9.51. The van der Waals surface area contributed by atoms with Crippen LogP contribution in [0.25, 0.3) is 0 Å². The van der Waals surface area contributed by atoms with E-state index in [2.05, 4.69) is 25.7 Å². The summed E-state index contributed by atoms with van der Waals surface area (Å²) in [5, 5.41) is 0. The monoisotopic (exact) mass is 181 g/mol. The van der Waals surface area contributed by atoms with Crippen LogP contribution in [0.1, 0.15) is 40.0 Å². The Hall–Kier alpha value is -0.0400. The minimum absolute atomic E-state index is 0.905. The van der Waals surface area contributed by atoms with Crippen LogP contribution >= 0.6 is 0 Å². The Labute approximate surface area is 82.5 Å². The van der Waals surface area contributed by atoms with Gasteiger partial charge in [-0.2, -0.15) is 0 Å². The first-order valence-corrected chi connectivity index (χ1v) is 5.94. The van der Waals surface area contributed by atoms with E-state index in [-0.39, 0.29) is 0 Å². The summed E-state index contributed by atoms with van der Waals surface area (Å²) in [6.07, 6.45) is 4.28. The summed E-state index contributed by atoms with van der Waals surface area (Å²) in [6, 6.07) is 0.905. The van der Waals surface area contributed by atoms with Crippen molar-refractivity contribution in [3.63, 3.8) is 0 Å². The zero-order chi connectivity index (χ0) is 9.42. The van der Waals surface area contributed by atoms with Gasteiger partial charge in [0, 0.05) is 19.1 Å². The molecule has 13 heavy (non-hydrogen) atoms. The van der Waals surface area contributed by atoms with Gasteiger partial charge in [0.25, 0.3) is 0 Å². The molecule has 1 saturated heterocycles. The maximum absolute atomic E-state index is 2.75. The Morgan fingerprint density at radius 1 is 1.23 bits per heavy atom. The quantitative estimate of drug-likeness (QED) is 0.647. The van der Waals surface area contributed by atoms with Crippen molar-refractivity contribution >= 4 is 0 Å². The number of likely N-dealkylation sites (tertiary alicyclic amines) is 1. The molecule has 4 unspecified atom stereocenters. The average molecular weight is 181 g/mol. The van der Waals surface area contributed by atoms with Gasteiger partial charge in [-0.15, -0.1) is 0 Å².